The second-order valence-corrected chi connectivity index (χ2v) is 8.58. The Morgan fingerprint density at radius 3 is 1.39 bits per heavy atom. The minimum atomic E-state index is -0.668. The zero-order chi connectivity index (χ0) is 25.1. The molecule has 0 atom stereocenters. The third-order valence-corrected chi connectivity index (χ3v) is 6.39. The van der Waals surface area contributed by atoms with Crippen molar-refractivity contribution in [3.05, 3.63) is 95.1 Å². The molecule has 0 spiro atoms. The first-order chi connectivity index (χ1) is 17.5. The summed E-state index contributed by atoms with van der Waals surface area (Å²) in [4.78, 5) is 53.1. The lowest BCUT2D eigenvalue weighted by atomic mass is 10.1. The molecule has 8 nitrogen and oxygen atoms in total. The first-order valence-corrected chi connectivity index (χ1v) is 11.7. The smallest absolute Gasteiger partial charge is 0.338 e. The highest BCUT2D eigenvalue weighted by Gasteiger charge is 2.26. The molecule has 3 aromatic carbocycles. The van der Waals surface area contributed by atoms with Crippen LogP contribution in [0.15, 0.2) is 72.8 Å². The first-order valence-electron chi connectivity index (χ1n) is 11.7. The molecule has 36 heavy (non-hydrogen) atoms. The molecule has 0 aliphatic carbocycles. The van der Waals surface area contributed by atoms with Gasteiger partial charge < -0.3 is 19.3 Å². The van der Waals surface area contributed by atoms with Gasteiger partial charge in [-0.25, -0.2) is 9.59 Å². The average molecular weight is 485 g/mol. The van der Waals surface area contributed by atoms with Gasteiger partial charge >= 0.3 is 11.9 Å². The Labute approximate surface area is 208 Å². The highest BCUT2D eigenvalue weighted by Crippen LogP contribution is 2.28. The summed E-state index contributed by atoms with van der Waals surface area (Å²) >= 11 is 0. The van der Waals surface area contributed by atoms with Crippen LogP contribution in [-0.2, 0) is 31.9 Å². The first kappa shape index (κ1) is 23.3. The molecule has 3 aromatic rings. The number of rotatable bonds is 6. The largest absolute Gasteiger partial charge is 0.452 e. The van der Waals surface area contributed by atoms with Crippen LogP contribution in [0.4, 0.5) is 11.4 Å². The topological polar surface area (TPSA) is 93.2 Å². The molecule has 2 heterocycles. The van der Waals surface area contributed by atoms with Gasteiger partial charge in [0.05, 0.1) is 11.1 Å². The Morgan fingerprint density at radius 2 is 0.972 bits per heavy atom. The van der Waals surface area contributed by atoms with E-state index >= 15 is 0 Å². The molecular weight excluding hydrogens is 460 g/mol. The molecule has 0 unspecified atom stereocenters. The van der Waals surface area contributed by atoms with Crippen LogP contribution in [0.5, 0.6) is 0 Å². The summed E-state index contributed by atoms with van der Waals surface area (Å²) in [5.74, 6) is -1.92. The highest BCUT2D eigenvalue weighted by atomic mass is 16.5. The van der Waals surface area contributed by atoms with E-state index in [4.69, 9.17) is 9.47 Å². The van der Waals surface area contributed by atoms with E-state index in [1.165, 1.54) is 24.3 Å². The van der Waals surface area contributed by atoms with Gasteiger partial charge in [0, 0.05) is 24.5 Å². The third kappa shape index (κ3) is 4.70. The summed E-state index contributed by atoms with van der Waals surface area (Å²) in [7, 11) is 0. The Balaban J connectivity index is 1.11. The number of amides is 2. The zero-order valence-electron chi connectivity index (χ0n) is 19.5. The van der Waals surface area contributed by atoms with Crippen molar-refractivity contribution in [1.29, 1.82) is 0 Å². The summed E-state index contributed by atoms with van der Waals surface area (Å²) in [5, 5.41) is 0. The van der Waals surface area contributed by atoms with Gasteiger partial charge in [-0.2, -0.15) is 0 Å². The lowest BCUT2D eigenvalue weighted by Crippen LogP contribution is -2.33. The molecule has 2 aliphatic heterocycles. The molecular formula is C28H24N2O6. The van der Waals surface area contributed by atoms with Crippen molar-refractivity contribution in [2.24, 2.45) is 0 Å². The van der Waals surface area contributed by atoms with Gasteiger partial charge in [-0.1, -0.05) is 36.4 Å². The second kappa shape index (κ2) is 10.0. The molecule has 0 bridgehead atoms. The number of esters is 2. The van der Waals surface area contributed by atoms with Crippen molar-refractivity contribution >= 4 is 35.1 Å². The van der Waals surface area contributed by atoms with E-state index in [2.05, 4.69) is 0 Å². The van der Waals surface area contributed by atoms with E-state index in [0.717, 1.165) is 35.3 Å². The predicted molar refractivity (Wildman–Crippen MR) is 132 cm³/mol. The van der Waals surface area contributed by atoms with Gasteiger partial charge in [0.15, 0.2) is 13.2 Å². The van der Waals surface area contributed by atoms with Crippen LogP contribution in [0.2, 0.25) is 0 Å². The Morgan fingerprint density at radius 1 is 0.583 bits per heavy atom. The molecule has 0 saturated heterocycles. The maximum Gasteiger partial charge on any atom is 0.338 e. The molecule has 8 heteroatoms. The van der Waals surface area contributed by atoms with Crippen molar-refractivity contribution in [3.8, 4) is 0 Å². The van der Waals surface area contributed by atoms with Gasteiger partial charge in [-0.15, -0.1) is 0 Å². The third-order valence-electron chi connectivity index (χ3n) is 6.39. The molecule has 0 aromatic heterocycles. The molecule has 2 aliphatic rings. The quantitative estimate of drug-likeness (QED) is 0.499. The number of carbonyl (C=O) groups is 4. The van der Waals surface area contributed by atoms with Crippen LogP contribution in [0, 0.1) is 0 Å². The van der Waals surface area contributed by atoms with Crippen LogP contribution >= 0.6 is 0 Å². The average Bonchev–Trinajstić information content (AvgIpc) is 3.55. The van der Waals surface area contributed by atoms with Crippen LogP contribution in [0.25, 0.3) is 0 Å². The Hall–Kier alpha value is -4.46. The molecule has 0 fully saturated rings. The van der Waals surface area contributed by atoms with Gasteiger partial charge in [0.25, 0.3) is 11.8 Å². The molecule has 2 amide bonds. The summed E-state index contributed by atoms with van der Waals surface area (Å²) in [6.45, 7) is 0.357. The van der Waals surface area contributed by atoms with Crippen LogP contribution in [0.1, 0.15) is 31.8 Å². The predicted octanol–water partition coefficient (Wildman–Crippen LogP) is 3.18. The number of para-hydroxylation sites is 2. The van der Waals surface area contributed by atoms with Gasteiger partial charge in [0.1, 0.15) is 0 Å². The fourth-order valence-electron chi connectivity index (χ4n) is 4.51. The monoisotopic (exact) mass is 484 g/mol. The van der Waals surface area contributed by atoms with Crippen molar-refractivity contribution in [2.75, 3.05) is 36.1 Å². The fourth-order valence-corrected chi connectivity index (χ4v) is 4.51. The minimum absolute atomic E-state index is 0.200. The second-order valence-electron chi connectivity index (χ2n) is 8.58. The van der Waals surface area contributed by atoms with Crippen molar-refractivity contribution in [1.82, 2.24) is 0 Å². The van der Waals surface area contributed by atoms with E-state index in [1.54, 1.807) is 9.80 Å². The number of ether oxygens (including phenoxy) is 2. The van der Waals surface area contributed by atoms with Crippen molar-refractivity contribution in [3.63, 3.8) is 0 Å². The maximum atomic E-state index is 12.5. The number of hydrogen-bond donors (Lipinski definition) is 0. The van der Waals surface area contributed by atoms with E-state index < -0.39 is 11.9 Å². The summed E-state index contributed by atoms with van der Waals surface area (Å²) in [5.41, 5.74) is 4.26. The summed E-state index contributed by atoms with van der Waals surface area (Å²) < 4.78 is 10.4. The number of nitrogens with zero attached hydrogens (tertiary/aromatic N) is 2. The number of fused-ring (bicyclic) bond motifs is 2. The van der Waals surface area contributed by atoms with Crippen molar-refractivity contribution in [2.45, 2.75) is 12.8 Å². The standard InChI is InChI=1S/C28H24N2O6/c31-25(29-15-13-19-5-1-3-7-23(19)29)17-35-27(33)21-9-11-22(12-10-21)28(34)36-18-26(32)30-16-14-20-6-2-4-8-24(20)30/h1-12H,13-18H2. The molecule has 0 saturated carbocycles. The van der Waals surface area contributed by atoms with Gasteiger partial charge in [-0.05, 0) is 60.4 Å². The SMILES string of the molecule is O=C(OCC(=O)N1CCc2ccccc21)c1ccc(C(=O)OCC(=O)N2CCc3ccccc32)cc1. The number of anilines is 2. The fraction of sp³-hybridized carbons (Fsp3) is 0.214. The van der Waals surface area contributed by atoms with Crippen LogP contribution in [-0.4, -0.2) is 50.1 Å². The Bertz CT molecular complexity index is 1230. The van der Waals surface area contributed by atoms with Gasteiger partial charge in [-0.3, -0.25) is 9.59 Å². The molecule has 0 N–H and O–H groups in total. The lowest BCUT2D eigenvalue weighted by Gasteiger charge is -2.17. The van der Waals surface area contributed by atoms with E-state index in [-0.39, 0.29) is 36.2 Å². The summed E-state index contributed by atoms with van der Waals surface area (Å²) in [6.07, 6.45) is 1.54. The number of hydrogen-bond acceptors (Lipinski definition) is 6. The van der Waals surface area contributed by atoms with E-state index in [1.807, 2.05) is 48.5 Å². The van der Waals surface area contributed by atoms with Crippen LogP contribution < -0.4 is 9.80 Å². The highest BCUT2D eigenvalue weighted by molar-refractivity contribution is 6.00. The van der Waals surface area contributed by atoms with E-state index in [9.17, 15) is 19.2 Å². The number of benzene rings is 3. The minimum Gasteiger partial charge on any atom is -0.452 e. The molecule has 5 rings (SSSR count). The number of carbonyl (C=O) groups excluding carboxylic acids is 4. The van der Waals surface area contributed by atoms with Crippen LogP contribution in [0.3, 0.4) is 0 Å². The molecule has 182 valence electrons. The summed E-state index contributed by atoms with van der Waals surface area (Å²) in [6, 6.07) is 21.0. The van der Waals surface area contributed by atoms with E-state index in [0.29, 0.717) is 13.1 Å². The lowest BCUT2D eigenvalue weighted by molar-refractivity contribution is -0.122. The van der Waals surface area contributed by atoms with Gasteiger partial charge in [0.2, 0.25) is 0 Å². The maximum absolute atomic E-state index is 12.5. The molecule has 0 radical (unpaired) electrons. The Kier molecular flexibility index (Phi) is 6.49. The van der Waals surface area contributed by atoms with Crippen molar-refractivity contribution < 1.29 is 28.7 Å². The zero-order valence-corrected chi connectivity index (χ0v) is 19.5. The normalized spacial score (nSPS) is 13.7.